The van der Waals surface area contributed by atoms with Gasteiger partial charge in [-0.1, -0.05) is 103 Å². The average Bonchev–Trinajstić information content (AvgIpc) is 1.62. The average molecular weight is 1720 g/mol. The van der Waals surface area contributed by atoms with E-state index in [1.807, 2.05) is 54.6 Å². The molecule has 0 spiro atoms. The summed E-state index contributed by atoms with van der Waals surface area (Å²) >= 11 is 0. The van der Waals surface area contributed by atoms with Crippen LogP contribution in [0.2, 0.25) is 0 Å². The summed E-state index contributed by atoms with van der Waals surface area (Å²) in [4.78, 5) is 203. The smallest absolute Gasteiger partial charge is 0.305 e. The number of nitrogens with two attached hydrogens (primary N) is 2. The third-order valence-electron chi connectivity index (χ3n) is 19.7. The Labute approximate surface area is 705 Å². The van der Waals surface area contributed by atoms with Crippen molar-refractivity contribution in [3.05, 3.63) is 150 Å². The van der Waals surface area contributed by atoms with Gasteiger partial charge >= 0.3 is 5.97 Å². The number of pyridine rings is 1. The minimum Gasteiger partial charge on any atom is -0.481 e. The van der Waals surface area contributed by atoms with Crippen LogP contribution in [0, 0.1) is 10.8 Å². The Morgan fingerprint density at radius 2 is 0.951 bits per heavy atom. The van der Waals surface area contributed by atoms with Crippen molar-refractivity contribution < 1.29 is 95.3 Å². The Morgan fingerprint density at radius 3 is 1.44 bits per heavy atom. The van der Waals surface area contributed by atoms with E-state index in [0.717, 1.165) is 27.7 Å². The molecule has 2 saturated heterocycles. The van der Waals surface area contributed by atoms with Crippen LogP contribution in [-0.2, 0) is 96.7 Å². The maximum atomic E-state index is 14.7. The van der Waals surface area contributed by atoms with Crippen LogP contribution in [-0.4, -0.2) is 223 Å². The number of fused-ring (bicyclic) bond motifs is 2. The van der Waals surface area contributed by atoms with Crippen LogP contribution in [0.15, 0.2) is 143 Å². The molecule has 2 fully saturated rings. The van der Waals surface area contributed by atoms with Gasteiger partial charge in [-0.3, -0.25) is 87.8 Å². The zero-order chi connectivity index (χ0) is 89.0. The summed E-state index contributed by atoms with van der Waals surface area (Å²) in [6.07, 6.45) is -1.06. The van der Waals surface area contributed by atoms with Gasteiger partial charge in [-0.2, -0.15) is 13.5 Å². The van der Waals surface area contributed by atoms with Gasteiger partial charge in [-0.25, -0.2) is 9.87 Å². The van der Waals surface area contributed by atoms with Crippen LogP contribution in [0.1, 0.15) is 117 Å². The summed E-state index contributed by atoms with van der Waals surface area (Å²) < 4.78 is 33.7. The molecule has 42 nitrogen and oxygen atoms in total. The number of nitrogens with zero attached hydrogens (tertiary/aromatic N) is 3. The Balaban J connectivity index is 0.987. The van der Waals surface area contributed by atoms with Crippen LogP contribution >= 0.6 is 0 Å². The van der Waals surface area contributed by atoms with Crippen molar-refractivity contribution in [2.75, 3.05) is 45.9 Å². The highest BCUT2D eigenvalue weighted by Gasteiger charge is 2.36. The largest absolute Gasteiger partial charge is 0.481 e. The minimum atomic E-state index is -4.61. The molecule has 2 aliphatic rings. The van der Waals surface area contributed by atoms with Gasteiger partial charge in [0.15, 0.2) is 17.7 Å². The molecule has 43 heteroatoms. The fourth-order valence-corrected chi connectivity index (χ4v) is 14.0. The van der Waals surface area contributed by atoms with E-state index in [9.17, 15) is 90.5 Å². The molecule has 5 aromatic carbocycles. The molecule has 9 atom stereocenters. The first-order chi connectivity index (χ1) is 58.9. The normalized spacial score (nSPS) is 19.5. The number of carboxylic acid groups (broad SMARTS) is 1. The molecule has 1 unspecified atom stereocenters. The van der Waals surface area contributed by atoms with Crippen LogP contribution < -0.4 is 91.2 Å². The third-order valence-corrected chi connectivity index (χ3v) is 20.7. The van der Waals surface area contributed by atoms with E-state index in [2.05, 4.69) is 99.9 Å². The number of guanidine groups is 2. The molecule has 0 saturated carbocycles. The molecular weight excluding hydrogens is 1620 g/mol. The standard InChI is InChI=1S/C80H102N22O20S/c81-79(82)87-34-11-20-54-71(110)90-44-66(104)93-59(31-36-122-118)75(114)100-60(39-46-23-25-48-13-1-3-15-50(48)37-46)76(115)98-56(73(112)96-54)18-7-9-32-85-65(103)30-28-58(95-69(108)53-27-29-64(89-42-53)102-92-43-52-17-5-6-22-63(52)123(119,120)121)70(109)86-33-10-8-19-57-74(113)97-55(21-12-35-88-80(83)84)72(111)91-45-67(105)94-62(41-68(106)107)78(117)101-61(77(116)99-57)40-47-24-26-49-14-2-4-16-51(49)38-47/h1-6,13-17,22-27,29,37-38,42,54-62,118H,7-12,18-21,28,30-36,39-41,43-45H2,(H,85,103)(H,86,109)(H,90,110)(H,91,111)(H,93,104)(H,94,105)(H,95,108)(H,96,112)(H,97,113)(H,98,115)(H,99,116)(H,100,114)(H,101,117)(H,106,107)(H4,81,82,87)(H4,83,84,88)(H,119,120,121)/t54-,55-,56-,57-,58?,59-,60+,61+,62-/m0/s1. The Kier molecular flexibility index (Phi) is 36.9. The highest BCUT2D eigenvalue weighted by atomic mass is 32.2. The summed E-state index contributed by atoms with van der Waals surface area (Å²) in [5.74, 6) is -13.6. The number of carbonyl (C=O) groups is 14. The van der Waals surface area contributed by atoms with Gasteiger partial charge in [0.2, 0.25) is 70.9 Å². The molecule has 0 radical (unpaired) electrons. The van der Waals surface area contributed by atoms with E-state index >= 15 is 0 Å². The van der Waals surface area contributed by atoms with Crippen molar-refractivity contribution in [1.29, 1.82) is 10.8 Å². The van der Waals surface area contributed by atoms with E-state index in [4.69, 9.17) is 22.3 Å². The van der Waals surface area contributed by atoms with Crippen molar-refractivity contribution in [3.8, 4) is 0 Å². The molecule has 6 aromatic rings. The molecule has 0 bridgehead atoms. The van der Waals surface area contributed by atoms with Crippen molar-refractivity contribution in [3.63, 3.8) is 0 Å². The monoisotopic (exact) mass is 1720 g/mol. The predicted octanol–water partition coefficient (Wildman–Crippen LogP) is -1.13. The lowest BCUT2D eigenvalue weighted by Gasteiger charge is -2.26. The second kappa shape index (κ2) is 47.9. The highest BCUT2D eigenvalue weighted by molar-refractivity contribution is 7.85. The van der Waals surface area contributed by atoms with Gasteiger partial charge in [0.1, 0.15) is 54.4 Å². The minimum absolute atomic E-state index is 0.0331. The van der Waals surface area contributed by atoms with Crippen molar-refractivity contribution in [1.82, 2.24) is 84.7 Å². The summed E-state index contributed by atoms with van der Waals surface area (Å²) in [7, 11) is -4.61. The molecule has 1 aromatic heterocycles. The fraction of sp³-hybridized carbons (Fsp3) is 0.412. The number of rotatable bonds is 37. The van der Waals surface area contributed by atoms with Gasteiger partial charge < -0.3 is 96.3 Å². The van der Waals surface area contributed by atoms with Crippen molar-refractivity contribution in [2.24, 2.45) is 21.7 Å². The first-order valence-corrected chi connectivity index (χ1v) is 41.1. The van der Waals surface area contributed by atoms with Gasteiger partial charge in [0.25, 0.3) is 16.0 Å². The number of nitrogens with one attached hydrogen (secondary N) is 17. The molecule has 123 heavy (non-hydrogen) atoms. The number of hydrogen-bond acceptors (Lipinski definition) is 23. The second-order valence-electron chi connectivity index (χ2n) is 29.1. The maximum Gasteiger partial charge on any atom is 0.305 e. The van der Waals surface area contributed by atoms with E-state index in [-0.39, 0.29) is 156 Å². The number of carbonyl (C=O) groups excluding carboxylic acids is 13. The van der Waals surface area contributed by atoms with Crippen molar-refractivity contribution >= 4 is 132 Å². The number of azo groups is 1. The van der Waals surface area contributed by atoms with Crippen molar-refractivity contribution in [2.45, 2.75) is 169 Å². The Bertz CT molecular complexity index is 4960. The van der Waals surface area contributed by atoms with E-state index in [1.54, 1.807) is 30.3 Å². The van der Waals surface area contributed by atoms with Gasteiger partial charge in [0, 0.05) is 58.1 Å². The number of aliphatic carboxylic acids is 1. The zero-order valence-corrected chi connectivity index (χ0v) is 67.8. The van der Waals surface area contributed by atoms with Crippen LogP contribution in [0.4, 0.5) is 5.82 Å². The first kappa shape index (κ1) is 94.8. The lowest BCUT2D eigenvalue weighted by atomic mass is 10.00. The SMILES string of the molecule is N=C(N)NCCC[C@@H]1NC(=O)[C@H](CCCCNC(=O)CCC(NC(=O)c2ccc(N=NCc3ccccc3S(=O)(=O)O)nc2)C(=O)NCCCC[C@@H]2NC(=O)[C@@H](Cc3ccc4ccccc4c3)NC(=O)[C@H](CC(=O)O)NC(=O)CNC(=O)[C@H](CCCNC(=N)N)NC2=O)NC(=O)[C@@H](Cc2ccc3ccccc3c2)NC(=O)[C@H](CCOO)NC(=O)CNC1=O. The third kappa shape index (κ3) is 31.8. The number of amides is 13. The van der Waals surface area contributed by atoms with Crippen LogP contribution in [0.25, 0.3) is 21.5 Å². The van der Waals surface area contributed by atoms with Gasteiger partial charge in [-0.15, -0.1) is 5.11 Å². The topological polar surface area (TPSA) is 661 Å². The van der Waals surface area contributed by atoms with Crippen LogP contribution in [0.5, 0.6) is 0 Å². The molecule has 3 heterocycles. The number of aromatic nitrogens is 1. The van der Waals surface area contributed by atoms with Gasteiger partial charge in [0.05, 0.1) is 43.1 Å². The molecule has 0 aliphatic carbocycles. The number of carboxylic acids is 1. The maximum absolute atomic E-state index is 14.7. The number of benzene rings is 5. The molecule has 8 rings (SSSR count). The first-order valence-electron chi connectivity index (χ1n) is 39.7. The lowest BCUT2D eigenvalue weighted by molar-refractivity contribution is -0.243. The summed E-state index contributed by atoms with van der Waals surface area (Å²) in [6.45, 7) is -2.23. The lowest BCUT2D eigenvalue weighted by Crippen LogP contribution is -2.58. The summed E-state index contributed by atoms with van der Waals surface area (Å²) in [5.41, 5.74) is 12.1. The number of hydrogen-bond donors (Lipinski definition) is 22. The molecule has 24 N–H and O–H groups in total. The summed E-state index contributed by atoms with van der Waals surface area (Å²) in [5, 5.41) is 84.4. The van der Waals surface area contributed by atoms with E-state index in [1.165, 1.54) is 36.4 Å². The molecular formula is C80H102N22O20S. The summed E-state index contributed by atoms with van der Waals surface area (Å²) in [6, 6.07) is 20.3. The van der Waals surface area contributed by atoms with E-state index in [0.29, 0.717) is 11.1 Å². The van der Waals surface area contributed by atoms with Gasteiger partial charge in [-0.05, 0) is 127 Å². The molecule has 658 valence electrons. The Hall–Kier alpha value is -13.7. The second-order valence-corrected chi connectivity index (χ2v) is 30.5. The molecule has 13 amide bonds. The van der Waals surface area contributed by atoms with E-state index < -0.39 is 180 Å². The quantitative estimate of drug-likeness (QED) is 0.00417. The fourth-order valence-electron chi connectivity index (χ4n) is 13.3. The zero-order valence-electron chi connectivity index (χ0n) is 67.0. The number of unbranched alkanes of at least 4 members (excludes halogenated alkanes) is 2. The predicted molar refractivity (Wildman–Crippen MR) is 443 cm³/mol. The van der Waals surface area contributed by atoms with Crippen LogP contribution in [0.3, 0.4) is 0 Å². The molecule has 2 aliphatic heterocycles. The highest BCUT2D eigenvalue weighted by Crippen LogP contribution is 2.22. The Morgan fingerprint density at radius 1 is 0.512 bits per heavy atom.